The number of Topliss-reactive ketones (excluding diaryl/α,β-unsaturated/α-hetero) is 1. The van der Waals surface area contributed by atoms with Gasteiger partial charge in [-0.05, 0) is 24.6 Å². The van der Waals surface area contributed by atoms with Gasteiger partial charge in [-0.3, -0.25) is 18.8 Å². The summed E-state index contributed by atoms with van der Waals surface area (Å²) < 4.78 is 3.05. The molecule has 7 nitrogen and oxygen atoms in total. The molecular weight excluding hydrogens is 356 g/mol. The van der Waals surface area contributed by atoms with Gasteiger partial charge in [0.25, 0.3) is 11.5 Å². The molecule has 28 heavy (non-hydrogen) atoms. The Morgan fingerprint density at radius 3 is 2.57 bits per heavy atom. The van der Waals surface area contributed by atoms with Crippen molar-refractivity contribution in [1.29, 1.82) is 0 Å². The van der Waals surface area contributed by atoms with Crippen LogP contribution in [0, 0.1) is 6.92 Å². The van der Waals surface area contributed by atoms with Crippen molar-refractivity contribution >= 4 is 28.4 Å². The zero-order chi connectivity index (χ0) is 19.8. The van der Waals surface area contributed by atoms with Gasteiger partial charge < -0.3 is 9.88 Å². The van der Waals surface area contributed by atoms with Gasteiger partial charge in [-0.25, -0.2) is 4.98 Å². The Morgan fingerprint density at radius 1 is 1.07 bits per heavy atom. The lowest BCUT2D eigenvalue weighted by Crippen LogP contribution is -2.30. The van der Waals surface area contributed by atoms with Gasteiger partial charge in [-0.15, -0.1) is 0 Å². The fourth-order valence-corrected chi connectivity index (χ4v) is 3.23. The fourth-order valence-electron chi connectivity index (χ4n) is 3.23. The molecule has 4 aromatic rings. The molecule has 0 saturated carbocycles. The summed E-state index contributed by atoms with van der Waals surface area (Å²) >= 11 is 0. The van der Waals surface area contributed by atoms with Gasteiger partial charge in [-0.2, -0.15) is 0 Å². The number of carbonyl (C=O) groups is 2. The summed E-state index contributed by atoms with van der Waals surface area (Å²) in [5, 5.41) is 2.98. The number of pyridine rings is 1. The summed E-state index contributed by atoms with van der Waals surface area (Å²) in [5.74, 6) is -0.623. The molecule has 0 bridgehead atoms. The van der Waals surface area contributed by atoms with E-state index in [1.54, 1.807) is 48.1 Å². The van der Waals surface area contributed by atoms with Crippen molar-refractivity contribution in [2.45, 2.75) is 6.92 Å². The molecule has 0 atom stereocenters. The van der Waals surface area contributed by atoms with Crippen LogP contribution >= 0.6 is 0 Å². The second kappa shape index (κ2) is 6.77. The zero-order valence-electron chi connectivity index (χ0n) is 15.5. The molecule has 1 aromatic carbocycles. The first-order valence-corrected chi connectivity index (χ1v) is 8.81. The maximum absolute atomic E-state index is 12.8. The number of hydrogen-bond acceptors (Lipinski definition) is 4. The quantitative estimate of drug-likeness (QED) is 0.555. The SMILES string of the molecule is Cc1cccn2c(=O)c3cc(C(=O)NCC(=O)c4ccccc4)n(C)c3nc12. The van der Waals surface area contributed by atoms with E-state index in [4.69, 9.17) is 0 Å². The molecule has 0 unspecified atom stereocenters. The van der Waals surface area contributed by atoms with E-state index in [1.807, 2.05) is 19.1 Å². The van der Waals surface area contributed by atoms with E-state index in [0.717, 1.165) is 5.56 Å². The maximum Gasteiger partial charge on any atom is 0.268 e. The molecule has 7 heteroatoms. The minimum Gasteiger partial charge on any atom is -0.343 e. The second-order valence-corrected chi connectivity index (χ2v) is 6.60. The number of amides is 1. The molecule has 0 saturated heterocycles. The summed E-state index contributed by atoms with van der Waals surface area (Å²) in [7, 11) is 1.68. The highest BCUT2D eigenvalue weighted by Crippen LogP contribution is 2.16. The van der Waals surface area contributed by atoms with Crippen molar-refractivity contribution in [3.63, 3.8) is 0 Å². The van der Waals surface area contributed by atoms with E-state index >= 15 is 0 Å². The number of nitrogens with zero attached hydrogens (tertiary/aromatic N) is 3. The summed E-state index contributed by atoms with van der Waals surface area (Å²) in [5.41, 5.74) is 2.41. The van der Waals surface area contributed by atoms with E-state index in [9.17, 15) is 14.4 Å². The van der Waals surface area contributed by atoms with E-state index in [-0.39, 0.29) is 23.6 Å². The number of rotatable bonds is 4. The number of nitrogens with one attached hydrogen (secondary N) is 1. The Balaban J connectivity index is 1.68. The van der Waals surface area contributed by atoms with Crippen LogP contribution in [0.25, 0.3) is 16.7 Å². The minimum atomic E-state index is -0.435. The Labute approximate surface area is 160 Å². The topological polar surface area (TPSA) is 85.5 Å². The highest BCUT2D eigenvalue weighted by molar-refractivity contribution is 6.03. The summed E-state index contributed by atoms with van der Waals surface area (Å²) in [6, 6.07) is 13.9. The molecule has 0 aliphatic heterocycles. The molecule has 0 aliphatic carbocycles. The highest BCUT2D eigenvalue weighted by atomic mass is 16.2. The molecule has 0 radical (unpaired) electrons. The molecule has 0 fully saturated rings. The van der Waals surface area contributed by atoms with Crippen molar-refractivity contribution in [3.05, 3.63) is 81.9 Å². The van der Waals surface area contributed by atoms with Crippen molar-refractivity contribution in [1.82, 2.24) is 19.3 Å². The molecule has 0 spiro atoms. The van der Waals surface area contributed by atoms with Crippen LogP contribution in [0.5, 0.6) is 0 Å². The van der Waals surface area contributed by atoms with Crippen LogP contribution in [-0.2, 0) is 7.05 Å². The summed E-state index contributed by atoms with van der Waals surface area (Å²) in [6.45, 7) is 1.75. The predicted molar refractivity (Wildman–Crippen MR) is 106 cm³/mol. The zero-order valence-corrected chi connectivity index (χ0v) is 15.5. The molecule has 140 valence electrons. The smallest absolute Gasteiger partial charge is 0.268 e. The van der Waals surface area contributed by atoms with E-state index in [0.29, 0.717) is 22.2 Å². The second-order valence-electron chi connectivity index (χ2n) is 6.60. The van der Waals surface area contributed by atoms with Crippen LogP contribution < -0.4 is 10.9 Å². The van der Waals surface area contributed by atoms with Crippen molar-refractivity contribution in [3.8, 4) is 0 Å². The van der Waals surface area contributed by atoms with Gasteiger partial charge in [0, 0.05) is 18.8 Å². The lowest BCUT2D eigenvalue weighted by Gasteiger charge is -2.07. The molecule has 3 heterocycles. The van der Waals surface area contributed by atoms with Crippen LogP contribution in [0.3, 0.4) is 0 Å². The van der Waals surface area contributed by atoms with E-state index in [1.165, 1.54) is 10.5 Å². The molecule has 4 rings (SSSR count). The van der Waals surface area contributed by atoms with Gasteiger partial charge in [-0.1, -0.05) is 36.4 Å². The Morgan fingerprint density at radius 2 is 1.82 bits per heavy atom. The third kappa shape index (κ3) is 2.87. The van der Waals surface area contributed by atoms with Gasteiger partial charge in [0.2, 0.25) is 0 Å². The number of ketones is 1. The number of aryl methyl sites for hydroxylation is 2. The minimum absolute atomic E-state index is 0.127. The number of benzene rings is 1. The Kier molecular flexibility index (Phi) is 4.27. The predicted octanol–water partition coefficient (Wildman–Crippen LogP) is 2.11. The first kappa shape index (κ1) is 17.7. The Bertz CT molecular complexity index is 1290. The van der Waals surface area contributed by atoms with Gasteiger partial charge in [0.05, 0.1) is 11.9 Å². The van der Waals surface area contributed by atoms with Gasteiger partial charge in [0.1, 0.15) is 17.0 Å². The average molecular weight is 374 g/mol. The third-order valence-electron chi connectivity index (χ3n) is 4.76. The Hall–Kier alpha value is -3.74. The van der Waals surface area contributed by atoms with Crippen molar-refractivity contribution < 1.29 is 9.59 Å². The summed E-state index contributed by atoms with van der Waals surface area (Å²) in [4.78, 5) is 42.2. The molecule has 1 N–H and O–H groups in total. The molecule has 1 amide bonds. The van der Waals surface area contributed by atoms with Crippen LogP contribution in [0.2, 0.25) is 0 Å². The highest BCUT2D eigenvalue weighted by Gasteiger charge is 2.18. The standard InChI is InChI=1S/C21H18N4O3/c1-13-7-6-10-25-18(13)23-19-15(21(25)28)11-16(24(19)2)20(27)22-12-17(26)14-8-4-3-5-9-14/h3-11H,12H2,1-2H3,(H,22,27). The monoisotopic (exact) mass is 374 g/mol. The van der Waals surface area contributed by atoms with Crippen LogP contribution in [-0.4, -0.2) is 32.2 Å². The number of fused-ring (bicyclic) bond motifs is 2. The van der Waals surface area contributed by atoms with Gasteiger partial charge >= 0.3 is 0 Å². The normalized spacial score (nSPS) is 11.1. The van der Waals surface area contributed by atoms with Crippen molar-refractivity contribution in [2.24, 2.45) is 7.05 Å². The van der Waals surface area contributed by atoms with Crippen molar-refractivity contribution in [2.75, 3.05) is 6.54 Å². The molecule has 0 aliphatic rings. The first-order chi connectivity index (χ1) is 13.5. The lowest BCUT2D eigenvalue weighted by atomic mass is 10.1. The maximum atomic E-state index is 12.8. The van der Waals surface area contributed by atoms with E-state index in [2.05, 4.69) is 10.3 Å². The number of hydrogen-bond donors (Lipinski definition) is 1. The molecular formula is C21H18N4O3. The summed E-state index contributed by atoms with van der Waals surface area (Å²) in [6.07, 6.45) is 1.66. The van der Waals surface area contributed by atoms with Gasteiger partial charge in [0.15, 0.2) is 5.78 Å². The number of aromatic nitrogens is 3. The van der Waals surface area contributed by atoms with Crippen LogP contribution in [0.1, 0.15) is 26.4 Å². The molecule has 3 aromatic heterocycles. The van der Waals surface area contributed by atoms with Crippen LogP contribution in [0.15, 0.2) is 59.5 Å². The fraction of sp³-hybridized carbons (Fsp3) is 0.143. The number of carbonyl (C=O) groups excluding carboxylic acids is 2. The first-order valence-electron chi connectivity index (χ1n) is 8.81. The van der Waals surface area contributed by atoms with Crippen LogP contribution in [0.4, 0.5) is 0 Å². The average Bonchev–Trinajstić information content (AvgIpc) is 3.05. The largest absolute Gasteiger partial charge is 0.343 e. The lowest BCUT2D eigenvalue weighted by molar-refractivity contribution is 0.0899. The van der Waals surface area contributed by atoms with E-state index < -0.39 is 5.91 Å². The third-order valence-corrected chi connectivity index (χ3v) is 4.76.